The molecule has 158 valence electrons. The van der Waals surface area contributed by atoms with Gasteiger partial charge in [-0.15, -0.1) is 0 Å². The molecule has 2 N–H and O–H groups in total. The highest BCUT2D eigenvalue weighted by Crippen LogP contribution is 2.29. The monoisotopic (exact) mass is 429 g/mol. The Morgan fingerprint density at radius 3 is 1.94 bits per heavy atom. The smallest absolute Gasteiger partial charge is 0.238 e. The van der Waals surface area contributed by atoms with Crippen molar-refractivity contribution < 1.29 is 4.79 Å². The van der Waals surface area contributed by atoms with Gasteiger partial charge in [0, 0.05) is 13.1 Å². The molecule has 0 atom stereocenters. The molecule has 4 nitrogen and oxygen atoms in total. The highest BCUT2D eigenvalue weighted by atomic mass is 32.1. The molecule has 1 amide bonds. The van der Waals surface area contributed by atoms with Crippen LogP contribution < -0.4 is 15.5 Å². The van der Waals surface area contributed by atoms with E-state index in [-0.39, 0.29) is 5.91 Å². The van der Waals surface area contributed by atoms with Gasteiger partial charge in [-0.2, -0.15) is 0 Å². The largest absolute Gasteiger partial charge is 0.370 e. The summed E-state index contributed by atoms with van der Waals surface area (Å²) in [7, 11) is 0. The molecule has 0 spiro atoms. The molecule has 0 saturated carbocycles. The number of para-hydroxylation sites is 2. The van der Waals surface area contributed by atoms with Crippen LogP contribution in [-0.4, -0.2) is 24.1 Å². The second kappa shape index (κ2) is 10.2. The first-order valence-electron chi connectivity index (χ1n) is 10.8. The third-order valence-electron chi connectivity index (χ3n) is 5.61. The van der Waals surface area contributed by atoms with Crippen molar-refractivity contribution in [3.63, 3.8) is 0 Å². The average Bonchev–Trinajstić information content (AvgIpc) is 2.81. The number of carbonyl (C=O) groups excluding carboxylic acids is 1. The lowest BCUT2D eigenvalue weighted by Crippen LogP contribution is -2.38. The molecule has 3 aromatic carbocycles. The van der Waals surface area contributed by atoms with Gasteiger partial charge in [0.15, 0.2) is 5.11 Å². The summed E-state index contributed by atoms with van der Waals surface area (Å²) in [5.41, 5.74) is 3.91. The Hall–Kier alpha value is -3.18. The van der Waals surface area contributed by atoms with Crippen LogP contribution in [-0.2, 0) is 4.79 Å². The maximum atomic E-state index is 13.3. The van der Waals surface area contributed by atoms with Crippen molar-refractivity contribution in [1.29, 1.82) is 0 Å². The molecule has 1 saturated heterocycles. The predicted molar refractivity (Wildman–Crippen MR) is 132 cm³/mol. The Morgan fingerprint density at radius 2 is 1.32 bits per heavy atom. The quantitative estimate of drug-likeness (QED) is 0.539. The molecule has 0 unspecified atom stereocenters. The van der Waals surface area contributed by atoms with Crippen LogP contribution in [0.5, 0.6) is 0 Å². The minimum atomic E-state index is -0.431. The molecule has 0 aliphatic carbocycles. The fourth-order valence-electron chi connectivity index (χ4n) is 4.11. The minimum Gasteiger partial charge on any atom is -0.370 e. The highest BCUT2D eigenvalue weighted by molar-refractivity contribution is 7.80. The molecule has 0 aromatic heterocycles. The number of rotatable bonds is 5. The number of hydrogen-bond donors (Lipinski definition) is 2. The van der Waals surface area contributed by atoms with E-state index < -0.39 is 5.92 Å². The van der Waals surface area contributed by atoms with Crippen LogP contribution in [0.25, 0.3) is 0 Å². The molecule has 1 heterocycles. The molecule has 31 heavy (non-hydrogen) atoms. The second-order valence-electron chi connectivity index (χ2n) is 7.76. The van der Waals surface area contributed by atoms with Crippen LogP contribution >= 0.6 is 12.2 Å². The van der Waals surface area contributed by atoms with Crippen molar-refractivity contribution in [3.05, 3.63) is 96.1 Å². The fourth-order valence-corrected chi connectivity index (χ4v) is 4.32. The van der Waals surface area contributed by atoms with Crippen molar-refractivity contribution in [2.24, 2.45) is 0 Å². The summed E-state index contributed by atoms with van der Waals surface area (Å²) in [4.78, 5) is 15.7. The molecule has 1 fully saturated rings. The van der Waals surface area contributed by atoms with E-state index in [2.05, 4.69) is 21.6 Å². The van der Waals surface area contributed by atoms with Crippen molar-refractivity contribution in [1.82, 2.24) is 5.32 Å². The summed E-state index contributed by atoms with van der Waals surface area (Å²) < 4.78 is 0. The van der Waals surface area contributed by atoms with Gasteiger partial charge in [0.2, 0.25) is 5.91 Å². The molecular formula is C26H27N3OS. The van der Waals surface area contributed by atoms with E-state index in [0.29, 0.717) is 5.11 Å². The fraction of sp³-hybridized carbons (Fsp3) is 0.231. The Bertz CT molecular complexity index is 978. The van der Waals surface area contributed by atoms with Gasteiger partial charge < -0.3 is 15.5 Å². The van der Waals surface area contributed by atoms with Gasteiger partial charge >= 0.3 is 0 Å². The first-order valence-corrected chi connectivity index (χ1v) is 11.2. The lowest BCUT2D eigenvalue weighted by Gasteiger charge is -2.30. The standard InChI is InChI=1S/C26H27N3OS/c30-25(24(20-12-4-1-5-13-20)21-14-6-2-7-15-21)28-26(31)27-22-16-8-9-17-23(22)29-18-10-3-11-19-29/h1-2,4-9,12-17,24H,3,10-11,18-19H2,(H2,27,28,30,31). The molecule has 3 aromatic rings. The normalized spacial score (nSPS) is 13.6. The van der Waals surface area contributed by atoms with Gasteiger partial charge in [0.1, 0.15) is 0 Å². The zero-order chi connectivity index (χ0) is 21.5. The van der Waals surface area contributed by atoms with Crippen LogP contribution in [0.4, 0.5) is 11.4 Å². The number of hydrogen-bond acceptors (Lipinski definition) is 3. The van der Waals surface area contributed by atoms with Crippen LogP contribution in [0.3, 0.4) is 0 Å². The van der Waals surface area contributed by atoms with E-state index in [4.69, 9.17) is 12.2 Å². The molecule has 0 radical (unpaired) electrons. The van der Waals surface area contributed by atoms with Crippen molar-refractivity contribution >= 4 is 34.6 Å². The van der Waals surface area contributed by atoms with Crippen molar-refractivity contribution in [3.8, 4) is 0 Å². The summed E-state index contributed by atoms with van der Waals surface area (Å²) in [5, 5.41) is 6.48. The number of nitrogens with zero attached hydrogens (tertiary/aromatic N) is 1. The zero-order valence-corrected chi connectivity index (χ0v) is 18.3. The lowest BCUT2D eigenvalue weighted by atomic mass is 9.90. The van der Waals surface area contributed by atoms with Gasteiger partial charge in [-0.3, -0.25) is 4.79 Å². The molecule has 1 aliphatic heterocycles. The van der Waals surface area contributed by atoms with Gasteiger partial charge in [-0.25, -0.2) is 0 Å². The van der Waals surface area contributed by atoms with Gasteiger partial charge in [0.25, 0.3) is 0 Å². The van der Waals surface area contributed by atoms with E-state index >= 15 is 0 Å². The summed E-state index contributed by atoms with van der Waals surface area (Å²) in [5.74, 6) is -0.579. The Balaban J connectivity index is 1.51. The number of amides is 1. The van der Waals surface area contributed by atoms with Crippen molar-refractivity contribution in [2.45, 2.75) is 25.2 Å². The first-order chi connectivity index (χ1) is 15.2. The molecule has 5 heteroatoms. The summed E-state index contributed by atoms with van der Waals surface area (Å²) in [6.07, 6.45) is 3.68. The Kier molecular flexibility index (Phi) is 6.95. The number of anilines is 2. The molecule has 4 rings (SSSR count). The third-order valence-corrected chi connectivity index (χ3v) is 5.82. The molecule has 0 bridgehead atoms. The maximum Gasteiger partial charge on any atom is 0.238 e. The summed E-state index contributed by atoms with van der Waals surface area (Å²) in [6, 6.07) is 27.7. The predicted octanol–water partition coefficient (Wildman–Crippen LogP) is 5.32. The van der Waals surface area contributed by atoms with E-state index in [9.17, 15) is 4.79 Å². The van der Waals surface area contributed by atoms with Gasteiger partial charge in [-0.1, -0.05) is 72.8 Å². The Labute approximate surface area is 189 Å². The maximum absolute atomic E-state index is 13.3. The minimum absolute atomic E-state index is 0.148. The number of nitrogens with one attached hydrogen (secondary N) is 2. The SMILES string of the molecule is O=C(NC(=S)Nc1ccccc1N1CCCCC1)C(c1ccccc1)c1ccccc1. The first kappa shape index (κ1) is 21.1. The van der Waals surface area contributed by atoms with E-state index in [1.165, 1.54) is 19.3 Å². The van der Waals surface area contributed by atoms with Crippen LogP contribution in [0.2, 0.25) is 0 Å². The zero-order valence-electron chi connectivity index (χ0n) is 17.5. The van der Waals surface area contributed by atoms with Gasteiger partial charge in [-0.05, 0) is 54.7 Å². The topological polar surface area (TPSA) is 44.4 Å². The van der Waals surface area contributed by atoms with Crippen LogP contribution in [0, 0.1) is 0 Å². The lowest BCUT2D eigenvalue weighted by molar-refractivity contribution is -0.120. The van der Waals surface area contributed by atoms with Crippen molar-refractivity contribution in [2.75, 3.05) is 23.3 Å². The number of carbonyl (C=O) groups is 1. The molecular weight excluding hydrogens is 402 g/mol. The number of thiocarbonyl (C=S) groups is 1. The second-order valence-corrected chi connectivity index (χ2v) is 8.17. The average molecular weight is 430 g/mol. The van der Waals surface area contributed by atoms with E-state index in [1.54, 1.807) is 0 Å². The van der Waals surface area contributed by atoms with E-state index in [1.807, 2.05) is 78.9 Å². The highest BCUT2D eigenvalue weighted by Gasteiger charge is 2.23. The number of benzene rings is 3. The summed E-state index contributed by atoms with van der Waals surface area (Å²) >= 11 is 5.53. The summed E-state index contributed by atoms with van der Waals surface area (Å²) in [6.45, 7) is 2.09. The Morgan fingerprint density at radius 1 is 0.774 bits per heavy atom. The van der Waals surface area contributed by atoms with Gasteiger partial charge in [0.05, 0.1) is 17.3 Å². The van der Waals surface area contributed by atoms with Crippen LogP contribution in [0.1, 0.15) is 36.3 Å². The number of piperidine rings is 1. The third kappa shape index (κ3) is 5.30. The van der Waals surface area contributed by atoms with E-state index in [0.717, 1.165) is 35.6 Å². The van der Waals surface area contributed by atoms with Crippen LogP contribution in [0.15, 0.2) is 84.9 Å². The molecule has 1 aliphatic rings.